The molecule has 1 aromatic carbocycles. The van der Waals surface area contributed by atoms with Crippen LogP contribution in [-0.4, -0.2) is 52.8 Å². The molecular formula is C21H25N5O. The van der Waals surface area contributed by atoms with Gasteiger partial charge >= 0.3 is 0 Å². The predicted octanol–water partition coefficient (Wildman–Crippen LogP) is 2.67. The molecule has 6 nitrogen and oxygen atoms in total. The van der Waals surface area contributed by atoms with Crippen LogP contribution in [0.15, 0.2) is 61.1 Å². The molecule has 0 aliphatic carbocycles. The number of hydrogen-bond acceptors (Lipinski definition) is 4. The minimum Gasteiger partial charge on any atom is -0.352 e. The summed E-state index contributed by atoms with van der Waals surface area (Å²) in [6, 6.07) is 13.9. The third-order valence-electron chi connectivity index (χ3n) is 4.21. The molecule has 0 spiro atoms. The second-order valence-electron chi connectivity index (χ2n) is 6.76. The molecule has 2 aromatic heterocycles. The lowest BCUT2D eigenvalue weighted by atomic mass is 10.2. The third kappa shape index (κ3) is 5.49. The summed E-state index contributed by atoms with van der Waals surface area (Å²) in [7, 11) is 4.04. The van der Waals surface area contributed by atoms with Crippen molar-refractivity contribution in [2.45, 2.75) is 13.0 Å². The maximum atomic E-state index is 12.2. The monoisotopic (exact) mass is 363 g/mol. The number of benzene rings is 1. The number of carbonyl (C=O) groups excluding carboxylic acids is 1. The van der Waals surface area contributed by atoms with Gasteiger partial charge in [-0.2, -0.15) is 5.10 Å². The van der Waals surface area contributed by atoms with E-state index in [0.29, 0.717) is 18.7 Å². The van der Waals surface area contributed by atoms with Crippen molar-refractivity contribution in [3.8, 4) is 11.3 Å². The summed E-state index contributed by atoms with van der Waals surface area (Å²) in [5.41, 5.74) is 3.50. The summed E-state index contributed by atoms with van der Waals surface area (Å²) in [4.78, 5) is 18.7. The number of pyridine rings is 1. The van der Waals surface area contributed by atoms with Gasteiger partial charge in [0.15, 0.2) is 0 Å². The van der Waals surface area contributed by atoms with Gasteiger partial charge in [-0.15, -0.1) is 0 Å². The first-order chi connectivity index (χ1) is 13.1. The van der Waals surface area contributed by atoms with Crippen molar-refractivity contribution < 1.29 is 4.79 Å². The maximum absolute atomic E-state index is 12.2. The Morgan fingerprint density at radius 1 is 1.11 bits per heavy atom. The molecule has 6 heteroatoms. The number of hydrogen-bond donors (Lipinski definition) is 1. The van der Waals surface area contributed by atoms with Gasteiger partial charge in [-0.25, -0.2) is 0 Å². The SMILES string of the molecule is CN(C)CCCNC(=O)c1ccc(-c2cnn(Cc3ccccc3)c2)nc1. The molecule has 2 heterocycles. The van der Waals surface area contributed by atoms with Crippen LogP contribution in [0.3, 0.4) is 0 Å². The van der Waals surface area contributed by atoms with Crippen molar-refractivity contribution in [2.75, 3.05) is 27.2 Å². The summed E-state index contributed by atoms with van der Waals surface area (Å²) >= 11 is 0. The molecule has 1 amide bonds. The molecule has 27 heavy (non-hydrogen) atoms. The number of rotatable bonds is 8. The molecule has 0 saturated heterocycles. The summed E-state index contributed by atoms with van der Waals surface area (Å²) in [6.07, 6.45) is 6.30. The molecule has 3 aromatic rings. The van der Waals surface area contributed by atoms with Gasteiger partial charge in [0.25, 0.3) is 5.91 Å². The fourth-order valence-corrected chi connectivity index (χ4v) is 2.75. The lowest BCUT2D eigenvalue weighted by molar-refractivity contribution is 0.0952. The highest BCUT2D eigenvalue weighted by Gasteiger charge is 2.08. The van der Waals surface area contributed by atoms with Gasteiger partial charge in [0.1, 0.15) is 0 Å². The van der Waals surface area contributed by atoms with E-state index in [1.807, 2.05) is 49.2 Å². The topological polar surface area (TPSA) is 63.1 Å². The predicted molar refractivity (Wildman–Crippen MR) is 107 cm³/mol. The molecule has 0 aliphatic heterocycles. The Bertz CT molecular complexity index is 856. The Hall–Kier alpha value is -2.99. The Morgan fingerprint density at radius 2 is 1.93 bits per heavy atom. The van der Waals surface area contributed by atoms with Crippen LogP contribution in [0.4, 0.5) is 0 Å². The van der Waals surface area contributed by atoms with Gasteiger partial charge in [0.2, 0.25) is 0 Å². The summed E-state index contributed by atoms with van der Waals surface area (Å²) < 4.78 is 1.89. The molecule has 0 bridgehead atoms. The molecule has 3 rings (SSSR count). The summed E-state index contributed by atoms with van der Waals surface area (Å²) in [5, 5.41) is 7.33. The smallest absolute Gasteiger partial charge is 0.252 e. The Balaban J connectivity index is 1.58. The highest BCUT2D eigenvalue weighted by molar-refractivity contribution is 5.94. The van der Waals surface area contributed by atoms with Crippen LogP contribution < -0.4 is 5.32 Å². The van der Waals surface area contributed by atoms with Crippen molar-refractivity contribution in [1.29, 1.82) is 0 Å². The lowest BCUT2D eigenvalue weighted by Crippen LogP contribution is -2.27. The number of aromatic nitrogens is 3. The molecule has 140 valence electrons. The molecule has 0 fully saturated rings. The first kappa shape index (κ1) is 18.8. The quantitative estimate of drug-likeness (QED) is 0.625. The van der Waals surface area contributed by atoms with Crippen molar-refractivity contribution >= 4 is 5.91 Å². The van der Waals surface area contributed by atoms with Gasteiger partial charge in [-0.05, 0) is 44.8 Å². The van der Waals surface area contributed by atoms with Gasteiger partial charge < -0.3 is 10.2 Å². The van der Waals surface area contributed by atoms with Crippen LogP contribution in [0.25, 0.3) is 11.3 Å². The normalized spacial score (nSPS) is 10.9. The molecule has 0 radical (unpaired) electrons. The minimum absolute atomic E-state index is 0.0902. The molecule has 1 N–H and O–H groups in total. The molecule has 0 aliphatic rings. The van der Waals surface area contributed by atoms with E-state index in [2.05, 4.69) is 32.4 Å². The van der Waals surface area contributed by atoms with Crippen LogP contribution in [0.5, 0.6) is 0 Å². The van der Waals surface area contributed by atoms with Crippen LogP contribution in [0.1, 0.15) is 22.3 Å². The Labute approximate surface area is 159 Å². The second kappa shape index (κ2) is 9.09. The van der Waals surface area contributed by atoms with E-state index in [4.69, 9.17) is 0 Å². The van der Waals surface area contributed by atoms with Crippen molar-refractivity contribution in [1.82, 2.24) is 25.0 Å². The second-order valence-corrected chi connectivity index (χ2v) is 6.76. The van der Waals surface area contributed by atoms with Gasteiger partial charge in [-0.3, -0.25) is 14.5 Å². The standard InChI is InChI=1S/C21H25N5O/c1-25(2)12-6-11-22-21(27)18-9-10-20(23-13-18)19-14-24-26(16-19)15-17-7-4-3-5-8-17/h3-5,7-10,13-14,16H,6,11-12,15H2,1-2H3,(H,22,27). The first-order valence-corrected chi connectivity index (χ1v) is 9.07. The van der Waals surface area contributed by atoms with Crippen LogP contribution in [-0.2, 0) is 6.54 Å². The van der Waals surface area contributed by atoms with Gasteiger partial charge in [0.05, 0.1) is 24.0 Å². The zero-order chi connectivity index (χ0) is 19.1. The lowest BCUT2D eigenvalue weighted by Gasteiger charge is -2.09. The van der Waals surface area contributed by atoms with E-state index in [-0.39, 0.29) is 5.91 Å². The summed E-state index contributed by atoms with van der Waals surface area (Å²) in [6.45, 7) is 2.32. The number of carbonyl (C=O) groups is 1. The van der Waals surface area contributed by atoms with Crippen molar-refractivity contribution in [3.63, 3.8) is 0 Å². The average molecular weight is 363 g/mol. The number of nitrogens with zero attached hydrogens (tertiary/aromatic N) is 4. The fraction of sp³-hybridized carbons (Fsp3) is 0.286. The zero-order valence-corrected chi connectivity index (χ0v) is 15.8. The van der Waals surface area contributed by atoms with Crippen LogP contribution >= 0.6 is 0 Å². The van der Waals surface area contributed by atoms with E-state index < -0.39 is 0 Å². The Morgan fingerprint density at radius 3 is 2.63 bits per heavy atom. The molecule has 0 unspecified atom stereocenters. The molecule has 0 atom stereocenters. The van der Waals surface area contributed by atoms with Crippen molar-refractivity contribution in [2.24, 2.45) is 0 Å². The maximum Gasteiger partial charge on any atom is 0.252 e. The summed E-state index contributed by atoms with van der Waals surface area (Å²) in [5.74, 6) is -0.0902. The highest BCUT2D eigenvalue weighted by atomic mass is 16.1. The van der Waals surface area contributed by atoms with Crippen LogP contribution in [0.2, 0.25) is 0 Å². The zero-order valence-electron chi connectivity index (χ0n) is 15.8. The van der Waals surface area contributed by atoms with E-state index >= 15 is 0 Å². The Kier molecular flexibility index (Phi) is 6.33. The third-order valence-corrected chi connectivity index (χ3v) is 4.21. The van der Waals surface area contributed by atoms with Gasteiger partial charge in [0, 0.05) is 24.5 Å². The van der Waals surface area contributed by atoms with E-state index in [1.54, 1.807) is 18.5 Å². The number of nitrogens with one attached hydrogen (secondary N) is 1. The van der Waals surface area contributed by atoms with Crippen LogP contribution in [0, 0.1) is 0 Å². The largest absolute Gasteiger partial charge is 0.352 e. The van der Waals surface area contributed by atoms with E-state index in [9.17, 15) is 4.79 Å². The molecular weight excluding hydrogens is 338 g/mol. The van der Waals surface area contributed by atoms with E-state index in [0.717, 1.165) is 24.2 Å². The van der Waals surface area contributed by atoms with E-state index in [1.165, 1.54) is 5.56 Å². The average Bonchev–Trinajstić information content (AvgIpc) is 3.14. The van der Waals surface area contributed by atoms with Gasteiger partial charge in [-0.1, -0.05) is 30.3 Å². The highest BCUT2D eigenvalue weighted by Crippen LogP contribution is 2.16. The van der Waals surface area contributed by atoms with Crippen molar-refractivity contribution in [3.05, 3.63) is 72.2 Å². The minimum atomic E-state index is -0.0902. The fourth-order valence-electron chi connectivity index (χ4n) is 2.75. The first-order valence-electron chi connectivity index (χ1n) is 9.07. The molecule has 0 saturated carbocycles. The number of amides is 1.